The van der Waals surface area contributed by atoms with E-state index in [4.69, 9.17) is 4.74 Å². The largest absolute Gasteiger partial charge is 0.491 e. The second-order valence-electron chi connectivity index (χ2n) is 8.39. The maximum absolute atomic E-state index is 13.3. The van der Waals surface area contributed by atoms with Crippen LogP contribution in [0.5, 0.6) is 5.75 Å². The molecule has 1 aliphatic heterocycles. The van der Waals surface area contributed by atoms with Crippen LogP contribution in [0.4, 0.5) is 0 Å². The summed E-state index contributed by atoms with van der Waals surface area (Å²) >= 11 is 1.73. The van der Waals surface area contributed by atoms with Crippen molar-refractivity contribution in [2.24, 2.45) is 5.92 Å². The standard InChI is InChI=1S/C25H32N2O3S/c1-5-12-26(24(28)15-18(2)3)16-25(29)27-13-10-23-20(11-14-31-23)21(27)17-30-22-9-7-6-8-19(22)4/h5-9,11,14,18,21H,1,10,12-13,15-17H2,2-4H3. The highest BCUT2D eigenvalue weighted by Crippen LogP contribution is 2.34. The second-order valence-corrected chi connectivity index (χ2v) is 9.39. The Balaban J connectivity index is 1.77. The zero-order chi connectivity index (χ0) is 22.4. The van der Waals surface area contributed by atoms with Crippen molar-refractivity contribution in [1.29, 1.82) is 0 Å². The third-order valence-corrected chi connectivity index (χ3v) is 6.51. The number of fused-ring (bicyclic) bond motifs is 1. The lowest BCUT2D eigenvalue weighted by atomic mass is 10.00. The molecule has 0 aliphatic carbocycles. The fourth-order valence-electron chi connectivity index (χ4n) is 3.90. The molecule has 2 amide bonds. The van der Waals surface area contributed by atoms with Crippen molar-refractivity contribution >= 4 is 23.2 Å². The van der Waals surface area contributed by atoms with E-state index in [-0.39, 0.29) is 30.3 Å². The Bertz CT molecular complexity index is 921. The first kappa shape index (κ1) is 23.1. The third kappa shape index (κ3) is 5.76. The number of hydrogen-bond donors (Lipinski definition) is 0. The minimum Gasteiger partial charge on any atom is -0.491 e. The highest BCUT2D eigenvalue weighted by atomic mass is 32.1. The van der Waals surface area contributed by atoms with E-state index in [1.165, 1.54) is 4.88 Å². The molecule has 5 nitrogen and oxygen atoms in total. The van der Waals surface area contributed by atoms with Crippen LogP contribution in [0.2, 0.25) is 0 Å². The number of carbonyl (C=O) groups is 2. The Kier molecular flexibility index (Phi) is 7.91. The van der Waals surface area contributed by atoms with Gasteiger partial charge in [0.05, 0.1) is 6.04 Å². The SMILES string of the molecule is C=CCN(CC(=O)N1CCc2sccc2C1COc1ccccc1C)C(=O)CC(C)C. The van der Waals surface area contributed by atoms with Crippen molar-refractivity contribution in [1.82, 2.24) is 9.80 Å². The Morgan fingerprint density at radius 3 is 2.81 bits per heavy atom. The summed E-state index contributed by atoms with van der Waals surface area (Å²) in [5.41, 5.74) is 2.22. The van der Waals surface area contributed by atoms with Crippen LogP contribution in [0.3, 0.4) is 0 Å². The van der Waals surface area contributed by atoms with Crippen LogP contribution in [0, 0.1) is 12.8 Å². The lowest BCUT2D eigenvalue weighted by molar-refractivity contribution is -0.142. The van der Waals surface area contributed by atoms with Crippen molar-refractivity contribution in [3.8, 4) is 5.75 Å². The van der Waals surface area contributed by atoms with Gasteiger partial charge in [0, 0.05) is 24.4 Å². The Hall–Kier alpha value is -2.60. The van der Waals surface area contributed by atoms with Crippen LogP contribution in [0.1, 0.15) is 42.3 Å². The van der Waals surface area contributed by atoms with Crippen LogP contribution < -0.4 is 4.74 Å². The topological polar surface area (TPSA) is 49.9 Å². The molecule has 3 rings (SSSR count). The Morgan fingerprint density at radius 2 is 2.10 bits per heavy atom. The summed E-state index contributed by atoms with van der Waals surface area (Å²) < 4.78 is 6.15. The van der Waals surface area contributed by atoms with Crippen LogP contribution in [0.15, 0.2) is 48.4 Å². The highest BCUT2D eigenvalue weighted by Gasteiger charge is 2.33. The lowest BCUT2D eigenvalue weighted by Gasteiger charge is -2.37. The van der Waals surface area contributed by atoms with E-state index in [0.717, 1.165) is 23.3 Å². The number of amides is 2. The van der Waals surface area contributed by atoms with Crippen molar-refractivity contribution in [2.45, 2.75) is 39.7 Å². The quantitative estimate of drug-likeness (QED) is 0.535. The predicted octanol–water partition coefficient (Wildman–Crippen LogP) is 4.62. The van der Waals surface area contributed by atoms with Gasteiger partial charge in [0.1, 0.15) is 18.9 Å². The van der Waals surface area contributed by atoms with Gasteiger partial charge in [-0.05, 0) is 47.9 Å². The molecule has 0 bridgehead atoms. The fourth-order valence-corrected chi connectivity index (χ4v) is 4.83. The number of hydrogen-bond acceptors (Lipinski definition) is 4. The molecule has 0 N–H and O–H groups in total. The number of aryl methyl sites for hydroxylation is 1. The molecule has 0 spiro atoms. The molecule has 6 heteroatoms. The first-order valence-corrected chi connectivity index (χ1v) is 11.7. The van der Waals surface area contributed by atoms with Gasteiger partial charge in [0.15, 0.2) is 0 Å². The van der Waals surface area contributed by atoms with E-state index in [0.29, 0.717) is 26.1 Å². The van der Waals surface area contributed by atoms with E-state index >= 15 is 0 Å². The summed E-state index contributed by atoms with van der Waals surface area (Å²) in [5, 5.41) is 2.08. The molecule has 1 aromatic heterocycles. The normalized spacial score (nSPS) is 15.5. The Morgan fingerprint density at radius 1 is 1.32 bits per heavy atom. The van der Waals surface area contributed by atoms with E-state index < -0.39 is 0 Å². The summed E-state index contributed by atoms with van der Waals surface area (Å²) in [4.78, 5) is 30.8. The fraction of sp³-hybridized carbons (Fsp3) is 0.440. The van der Waals surface area contributed by atoms with E-state index in [2.05, 4.69) is 18.0 Å². The van der Waals surface area contributed by atoms with Crippen molar-refractivity contribution in [3.63, 3.8) is 0 Å². The first-order chi connectivity index (χ1) is 14.9. The predicted molar refractivity (Wildman–Crippen MR) is 125 cm³/mol. The van der Waals surface area contributed by atoms with Crippen LogP contribution in [0.25, 0.3) is 0 Å². The molecule has 166 valence electrons. The number of thiophene rings is 1. The monoisotopic (exact) mass is 440 g/mol. The van der Waals surface area contributed by atoms with Gasteiger partial charge in [-0.25, -0.2) is 0 Å². The summed E-state index contributed by atoms with van der Waals surface area (Å²) in [6.45, 7) is 11.3. The Labute approximate surface area is 189 Å². The van der Waals surface area contributed by atoms with Gasteiger partial charge in [-0.1, -0.05) is 38.1 Å². The second kappa shape index (κ2) is 10.6. The molecular weight excluding hydrogens is 408 g/mol. The molecule has 1 unspecified atom stereocenters. The van der Waals surface area contributed by atoms with Crippen molar-refractivity contribution in [2.75, 3.05) is 26.2 Å². The minimum absolute atomic E-state index is 0.0100. The molecule has 0 fully saturated rings. The number of benzene rings is 1. The number of ether oxygens (including phenoxy) is 1. The first-order valence-electron chi connectivity index (χ1n) is 10.8. The van der Waals surface area contributed by atoms with E-state index in [1.807, 2.05) is 49.9 Å². The van der Waals surface area contributed by atoms with Gasteiger partial charge in [0.2, 0.25) is 11.8 Å². The van der Waals surface area contributed by atoms with Crippen molar-refractivity contribution in [3.05, 3.63) is 64.4 Å². The van der Waals surface area contributed by atoms with Crippen LogP contribution in [-0.4, -0.2) is 47.9 Å². The van der Waals surface area contributed by atoms with E-state index in [9.17, 15) is 9.59 Å². The zero-order valence-corrected chi connectivity index (χ0v) is 19.5. The zero-order valence-electron chi connectivity index (χ0n) is 18.7. The molecule has 1 aliphatic rings. The van der Waals surface area contributed by atoms with Gasteiger partial charge < -0.3 is 14.5 Å². The molecular formula is C25H32N2O3S. The maximum Gasteiger partial charge on any atom is 0.242 e. The maximum atomic E-state index is 13.3. The summed E-state index contributed by atoms with van der Waals surface area (Å²) in [6, 6.07) is 9.84. The highest BCUT2D eigenvalue weighted by molar-refractivity contribution is 7.10. The van der Waals surface area contributed by atoms with Gasteiger partial charge in [-0.3, -0.25) is 9.59 Å². The number of rotatable bonds is 9. The van der Waals surface area contributed by atoms with Crippen molar-refractivity contribution < 1.29 is 14.3 Å². The minimum atomic E-state index is -0.159. The summed E-state index contributed by atoms with van der Waals surface area (Å²) in [5.74, 6) is 1.02. The molecule has 0 saturated carbocycles. The lowest BCUT2D eigenvalue weighted by Crippen LogP contribution is -2.48. The molecule has 31 heavy (non-hydrogen) atoms. The summed E-state index contributed by atoms with van der Waals surface area (Å²) in [6.07, 6.45) is 2.94. The summed E-state index contributed by atoms with van der Waals surface area (Å²) in [7, 11) is 0. The molecule has 2 aromatic rings. The molecule has 2 heterocycles. The molecule has 0 radical (unpaired) electrons. The average Bonchev–Trinajstić information content (AvgIpc) is 3.21. The molecule has 0 saturated heterocycles. The van der Waals surface area contributed by atoms with Gasteiger partial charge in [0.25, 0.3) is 0 Å². The average molecular weight is 441 g/mol. The van der Waals surface area contributed by atoms with Gasteiger partial charge in [-0.15, -0.1) is 17.9 Å². The van der Waals surface area contributed by atoms with Gasteiger partial charge in [-0.2, -0.15) is 0 Å². The molecule has 1 aromatic carbocycles. The van der Waals surface area contributed by atoms with Gasteiger partial charge >= 0.3 is 0 Å². The third-order valence-electron chi connectivity index (χ3n) is 5.52. The number of nitrogens with zero attached hydrogens (tertiary/aromatic N) is 2. The van der Waals surface area contributed by atoms with Crippen LogP contribution in [-0.2, 0) is 16.0 Å². The van der Waals surface area contributed by atoms with E-state index in [1.54, 1.807) is 22.3 Å². The molecule has 1 atom stereocenters. The van der Waals surface area contributed by atoms with Crippen LogP contribution >= 0.6 is 11.3 Å². The smallest absolute Gasteiger partial charge is 0.242 e. The number of carbonyl (C=O) groups excluding carboxylic acids is 2. The number of para-hydroxylation sites is 1.